The molecule has 1 fully saturated rings. The number of rotatable bonds is 3. The number of amides is 1. The van der Waals surface area contributed by atoms with Crippen LogP contribution in [0.5, 0.6) is 0 Å². The Labute approximate surface area is 111 Å². The minimum Gasteiger partial charge on any atom is -0.347 e. The van der Waals surface area contributed by atoms with Crippen molar-refractivity contribution in [2.75, 3.05) is 5.43 Å². The van der Waals surface area contributed by atoms with Crippen LogP contribution in [0, 0.1) is 0 Å². The lowest BCUT2D eigenvalue weighted by Crippen LogP contribution is -2.34. The third kappa shape index (κ3) is 2.24. The lowest BCUT2D eigenvalue weighted by molar-refractivity contribution is 0.0937. The Balaban J connectivity index is 2.07. The predicted molar refractivity (Wildman–Crippen MR) is 74.7 cm³/mol. The molecule has 0 radical (unpaired) electrons. The van der Waals surface area contributed by atoms with Crippen molar-refractivity contribution >= 4 is 22.6 Å². The lowest BCUT2D eigenvalue weighted by atomic mass is 10.1. The van der Waals surface area contributed by atoms with E-state index < -0.39 is 0 Å². The number of fused-ring (bicyclic) bond motifs is 1. The number of nitrogen functional groups attached to an aromatic ring is 1. The molecular formula is C14H16N4O. The number of carbonyl (C=O) groups is 1. The monoisotopic (exact) mass is 256 g/mol. The highest BCUT2D eigenvalue weighted by molar-refractivity contribution is 6.07. The van der Waals surface area contributed by atoms with E-state index in [2.05, 4.69) is 22.7 Å². The Bertz CT molecular complexity index is 649. The summed E-state index contributed by atoms with van der Waals surface area (Å²) >= 11 is 0. The molecule has 0 saturated heterocycles. The van der Waals surface area contributed by atoms with Crippen molar-refractivity contribution < 1.29 is 4.79 Å². The minimum absolute atomic E-state index is 0.0439. The van der Waals surface area contributed by atoms with Gasteiger partial charge in [-0.3, -0.25) is 4.79 Å². The standard InChI is InChI=1S/C14H16N4O/c1-14(6-7-14)17-13(19)10-8-12(18-15)16-11-5-3-2-4-9(10)11/h2-5,8H,6-7,15H2,1H3,(H,16,18)(H,17,19). The number of nitrogens with one attached hydrogen (secondary N) is 2. The zero-order valence-corrected chi connectivity index (χ0v) is 10.7. The maximum atomic E-state index is 12.4. The quantitative estimate of drug-likeness (QED) is 0.578. The second kappa shape index (κ2) is 4.20. The molecule has 5 heteroatoms. The average molecular weight is 256 g/mol. The number of hydrogen-bond donors (Lipinski definition) is 3. The summed E-state index contributed by atoms with van der Waals surface area (Å²) < 4.78 is 0. The maximum absolute atomic E-state index is 12.4. The molecule has 1 heterocycles. The first kappa shape index (κ1) is 11.9. The smallest absolute Gasteiger partial charge is 0.252 e. The number of pyridine rings is 1. The number of anilines is 1. The molecular weight excluding hydrogens is 240 g/mol. The maximum Gasteiger partial charge on any atom is 0.252 e. The minimum atomic E-state index is -0.0740. The van der Waals surface area contributed by atoms with E-state index in [1.54, 1.807) is 6.07 Å². The summed E-state index contributed by atoms with van der Waals surface area (Å²) in [6.07, 6.45) is 2.06. The molecule has 0 spiro atoms. The van der Waals surface area contributed by atoms with Crippen molar-refractivity contribution in [2.24, 2.45) is 5.84 Å². The van der Waals surface area contributed by atoms with Gasteiger partial charge in [0.1, 0.15) is 5.82 Å². The number of para-hydroxylation sites is 1. The molecule has 3 rings (SSSR count). The van der Waals surface area contributed by atoms with Gasteiger partial charge in [0.15, 0.2) is 0 Å². The molecule has 1 aliphatic carbocycles. The zero-order valence-electron chi connectivity index (χ0n) is 10.7. The van der Waals surface area contributed by atoms with E-state index >= 15 is 0 Å². The zero-order chi connectivity index (χ0) is 13.5. The van der Waals surface area contributed by atoms with Crippen LogP contribution in [0.3, 0.4) is 0 Å². The summed E-state index contributed by atoms with van der Waals surface area (Å²) in [6.45, 7) is 2.05. The fraction of sp³-hybridized carbons (Fsp3) is 0.286. The average Bonchev–Trinajstić information content (AvgIpc) is 3.14. The molecule has 1 amide bonds. The first-order chi connectivity index (χ1) is 9.11. The van der Waals surface area contributed by atoms with Gasteiger partial charge in [-0.2, -0.15) is 0 Å². The molecule has 1 aliphatic rings. The normalized spacial score (nSPS) is 16.1. The third-order valence-corrected chi connectivity index (χ3v) is 3.52. The third-order valence-electron chi connectivity index (χ3n) is 3.52. The van der Waals surface area contributed by atoms with Crippen molar-refractivity contribution in [1.82, 2.24) is 10.3 Å². The van der Waals surface area contributed by atoms with E-state index in [1.165, 1.54) is 0 Å². The molecule has 1 aromatic heterocycles. The van der Waals surface area contributed by atoms with Gasteiger partial charge >= 0.3 is 0 Å². The number of hydrazine groups is 1. The Hall–Kier alpha value is -2.14. The summed E-state index contributed by atoms with van der Waals surface area (Å²) in [4.78, 5) is 16.7. The molecule has 0 aliphatic heterocycles. The van der Waals surface area contributed by atoms with Crippen molar-refractivity contribution in [3.8, 4) is 0 Å². The van der Waals surface area contributed by atoms with Crippen LogP contribution in [0.2, 0.25) is 0 Å². The molecule has 19 heavy (non-hydrogen) atoms. The van der Waals surface area contributed by atoms with Gasteiger partial charge in [0, 0.05) is 10.9 Å². The molecule has 4 N–H and O–H groups in total. The van der Waals surface area contributed by atoms with E-state index in [4.69, 9.17) is 5.84 Å². The summed E-state index contributed by atoms with van der Waals surface area (Å²) in [5, 5.41) is 3.89. The van der Waals surface area contributed by atoms with Gasteiger partial charge in [-0.05, 0) is 31.9 Å². The van der Waals surface area contributed by atoms with Crippen molar-refractivity contribution in [1.29, 1.82) is 0 Å². The van der Waals surface area contributed by atoms with Crippen LogP contribution >= 0.6 is 0 Å². The summed E-state index contributed by atoms with van der Waals surface area (Å²) in [5.74, 6) is 5.82. The van der Waals surface area contributed by atoms with E-state index in [0.29, 0.717) is 11.4 Å². The Morgan fingerprint density at radius 3 is 2.79 bits per heavy atom. The van der Waals surface area contributed by atoms with E-state index in [0.717, 1.165) is 23.7 Å². The molecule has 0 unspecified atom stereocenters. The molecule has 1 saturated carbocycles. The first-order valence-corrected chi connectivity index (χ1v) is 6.30. The highest BCUT2D eigenvalue weighted by Gasteiger charge is 2.39. The molecule has 2 aromatic rings. The Kier molecular flexibility index (Phi) is 2.64. The highest BCUT2D eigenvalue weighted by Crippen LogP contribution is 2.35. The van der Waals surface area contributed by atoms with Crippen LogP contribution in [0.15, 0.2) is 30.3 Å². The van der Waals surface area contributed by atoms with Gasteiger partial charge in [0.05, 0.1) is 11.1 Å². The second-order valence-electron chi connectivity index (χ2n) is 5.23. The van der Waals surface area contributed by atoms with E-state index in [9.17, 15) is 4.79 Å². The molecule has 0 bridgehead atoms. The lowest BCUT2D eigenvalue weighted by Gasteiger charge is -2.13. The van der Waals surface area contributed by atoms with Crippen molar-refractivity contribution in [3.05, 3.63) is 35.9 Å². The van der Waals surface area contributed by atoms with Crippen LogP contribution in [0.25, 0.3) is 10.9 Å². The molecule has 5 nitrogen and oxygen atoms in total. The van der Waals surface area contributed by atoms with Gasteiger partial charge < -0.3 is 10.7 Å². The van der Waals surface area contributed by atoms with Gasteiger partial charge in [0.25, 0.3) is 5.91 Å². The van der Waals surface area contributed by atoms with Gasteiger partial charge in [0.2, 0.25) is 0 Å². The van der Waals surface area contributed by atoms with E-state index in [1.807, 2.05) is 24.3 Å². The summed E-state index contributed by atoms with van der Waals surface area (Å²) in [6, 6.07) is 9.23. The molecule has 98 valence electrons. The first-order valence-electron chi connectivity index (χ1n) is 6.30. The fourth-order valence-electron chi connectivity index (χ4n) is 2.09. The summed E-state index contributed by atoms with van der Waals surface area (Å²) in [7, 11) is 0. The van der Waals surface area contributed by atoms with Crippen LogP contribution in [0.4, 0.5) is 5.82 Å². The van der Waals surface area contributed by atoms with Gasteiger partial charge in [-0.1, -0.05) is 18.2 Å². The fourth-order valence-corrected chi connectivity index (χ4v) is 2.09. The van der Waals surface area contributed by atoms with Crippen LogP contribution < -0.4 is 16.6 Å². The number of nitrogens with zero attached hydrogens (tertiary/aromatic N) is 1. The number of aromatic nitrogens is 1. The molecule has 1 aromatic carbocycles. The predicted octanol–water partition coefficient (Wildman–Crippen LogP) is 1.80. The topological polar surface area (TPSA) is 80.0 Å². The van der Waals surface area contributed by atoms with E-state index in [-0.39, 0.29) is 11.4 Å². The van der Waals surface area contributed by atoms with Gasteiger partial charge in [-0.25, -0.2) is 10.8 Å². The Morgan fingerprint density at radius 1 is 1.37 bits per heavy atom. The second-order valence-corrected chi connectivity index (χ2v) is 5.23. The highest BCUT2D eigenvalue weighted by atomic mass is 16.1. The van der Waals surface area contributed by atoms with Crippen LogP contribution in [-0.4, -0.2) is 16.4 Å². The number of nitrogens with two attached hydrogens (primary N) is 1. The number of benzene rings is 1. The Morgan fingerprint density at radius 2 is 2.11 bits per heavy atom. The van der Waals surface area contributed by atoms with Crippen LogP contribution in [-0.2, 0) is 0 Å². The van der Waals surface area contributed by atoms with Crippen LogP contribution in [0.1, 0.15) is 30.1 Å². The van der Waals surface area contributed by atoms with Gasteiger partial charge in [-0.15, -0.1) is 0 Å². The summed E-state index contributed by atoms with van der Waals surface area (Å²) in [5.41, 5.74) is 3.81. The molecule has 0 atom stereocenters. The number of hydrogen-bond acceptors (Lipinski definition) is 4. The largest absolute Gasteiger partial charge is 0.347 e. The van der Waals surface area contributed by atoms with Crippen molar-refractivity contribution in [3.63, 3.8) is 0 Å². The SMILES string of the molecule is CC1(NC(=O)c2cc(NN)nc3ccccc23)CC1. The number of carbonyl (C=O) groups excluding carboxylic acids is 1. The van der Waals surface area contributed by atoms with Crippen molar-refractivity contribution in [2.45, 2.75) is 25.3 Å².